The lowest BCUT2D eigenvalue weighted by Gasteiger charge is -2.04. The molecule has 0 atom stereocenters. The highest BCUT2D eigenvalue weighted by molar-refractivity contribution is 5.80. The first-order chi connectivity index (χ1) is 9.10. The molecule has 0 rings (SSSR count). The second kappa shape index (κ2) is 11.5. The van der Waals surface area contributed by atoms with E-state index in [0.29, 0.717) is 19.4 Å². The number of carbonyl (C=O) groups excluding carboxylic acids is 1. The second-order valence-electron chi connectivity index (χ2n) is 4.40. The highest BCUT2D eigenvalue weighted by Crippen LogP contribution is 2.11. The molecule has 0 saturated heterocycles. The van der Waals surface area contributed by atoms with Gasteiger partial charge in [0.25, 0.3) is 0 Å². The fraction of sp³-hybridized carbons (Fsp3) is 0.600. The summed E-state index contributed by atoms with van der Waals surface area (Å²) < 4.78 is 0. The van der Waals surface area contributed by atoms with Crippen LogP contribution in [0.4, 0.5) is 0 Å². The maximum absolute atomic E-state index is 11.4. The van der Waals surface area contributed by atoms with Crippen LogP contribution in [0.5, 0.6) is 0 Å². The largest absolute Gasteiger partial charge is 0.478 e. The van der Waals surface area contributed by atoms with E-state index in [2.05, 4.69) is 12.2 Å². The van der Waals surface area contributed by atoms with Crippen LogP contribution in [0.2, 0.25) is 0 Å². The van der Waals surface area contributed by atoms with E-state index < -0.39 is 5.97 Å². The number of amides is 1. The summed E-state index contributed by atoms with van der Waals surface area (Å²) in [6.45, 7) is 4.65. The molecule has 19 heavy (non-hydrogen) atoms. The molecule has 1 amide bonds. The van der Waals surface area contributed by atoms with Crippen LogP contribution in [0.1, 0.15) is 52.4 Å². The van der Waals surface area contributed by atoms with Crippen molar-refractivity contribution in [3.8, 4) is 0 Å². The molecular weight excluding hydrogens is 242 g/mol. The highest BCUT2D eigenvalue weighted by Gasteiger charge is 2.01. The van der Waals surface area contributed by atoms with E-state index in [0.717, 1.165) is 30.9 Å². The molecule has 0 aliphatic heterocycles. The zero-order chi connectivity index (χ0) is 14.5. The van der Waals surface area contributed by atoms with Crippen molar-refractivity contribution in [1.82, 2.24) is 5.32 Å². The van der Waals surface area contributed by atoms with Gasteiger partial charge in [-0.15, -0.1) is 0 Å². The molecule has 0 fully saturated rings. The molecule has 0 aromatic carbocycles. The number of hydrogen-bond donors (Lipinski definition) is 2. The van der Waals surface area contributed by atoms with E-state index in [4.69, 9.17) is 5.11 Å². The van der Waals surface area contributed by atoms with Gasteiger partial charge in [-0.2, -0.15) is 0 Å². The Kier molecular flexibility index (Phi) is 10.6. The third-order valence-corrected chi connectivity index (χ3v) is 2.67. The fourth-order valence-electron chi connectivity index (χ4n) is 1.66. The lowest BCUT2D eigenvalue weighted by molar-refractivity contribution is -0.131. The molecule has 0 heterocycles. The van der Waals surface area contributed by atoms with Gasteiger partial charge >= 0.3 is 5.97 Å². The molecule has 0 bridgehead atoms. The fourth-order valence-corrected chi connectivity index (χ4v) is 1.66. The van der Waals surface area contributed by atoms with Gasteiger partial charge in [-0.05, 0) is 26.2 Å². The lowest BCUT2D eigenvalue weighted by atomic mass is 10.1. The third-order valence-electron chi connectivity index (χ3n) is 2.67. The van der Waals surface area contributed by atoms with Crippen LogP contribution in [-0.4, -0.2) is 23.5 Å². The van der Waals surface area contributed by atoms with Crippen molar-refractivity contribution in [3.05, 3.63) is 23.8 Å². The summed E-state index contributed by atoms with van der Waals surface area (Å²) in [6, 6.07) is 0. The van der Waals surface area contributed by atoms with Gasteiger partial charge in [0, 0.05) is 19.0 Å². The molecule has 0 aromatic heterocycles. The van der Waals surface area contributed by atoms with Crippen molar-refractivity contribution in [2.75, 3.05) is 6.54 Å². The average Bonchev–Trinajstić information content (AvgIpc) is 2.37. The van der Waals surface area contributed by atoms with Gasteiger partial charge in [-0.25, -0.2) is 4.79 Å². The molecule has 0 spiro atoms. The molecule has 108 valence electrons. The Balaban J connectivity index is 4.32. The van der Waals surface area contributed by atoms with Crippen LogP contribution in [0.3, 0.4) is 0 Å². The predicted molar refractivity (Wildman–Crippen MR) is 76.9 cm³/mol. The molecule has 2 N–H and O–H groups in total. The van der Waals surface area contributed by atoms with Crippen molar-refractivity contribution < 1.29 is 14.7 Å². The van der Waals surface area contributed by atoms with Gasteiger partial charge in [0.2, 0.25) is 5.91 Å². The van der Waals surface area contributed by atoms with E-state index in [1.807, 2.05) is 13.0 Å². The van der Waals surface area contributed by atoms with Crippen LogP contribution in [0.15, 0.2) is 23.8 Å². The third kappa shape index (κ3) is 11.3. The quantitative estimate of drug-likeness (QED) is 0.363. The molecule has 4 nitrogen and oxygen atoms in total. The molecule has 0 radical (unpaired) electrons. The van der Waals surface area contributed by atoms with E-state index in [9.17, 15) is 9.59 Å². The van der Waals surface area contributed by atoms with Crippen molar-refractivity contribution in [2.24, 2.45) is 0 Å². The highest BCUT2D eigenvalue weighted by atomic mass is 16.4. The zero-order valence-corrected chi connectivity index (χ0v) is 11.9. The maximum atomic E-state index is 11.4. The predicted octanol–water partition coefficient (Wildman–Crippen LogP) is 3.05. The SMILES string of the molecule is CCCCC/C=C(/C=C/C(=O)O)CCC(=O)NCC. The summed E-state index contributed by atoms with van der Waals surface area (Å²) in [4.78, 5) is 21.9. The van der Waals surface area contributed by atoms with E-state index >= 15 is 0 Å². The number of carboxylic acids is 1. The summed E-state index contributed by atoms with van der Waals surface area (Å²) in [5, 5.41) is 11.4. The summed E-state index contributed by atoms with van der Waals surface area (Å²) >= 11 is 0. The van der Waals surface area contributed by atoms with Crippen LogP contribution in [0.25, 0.3) is 0 Å². The Morgan fingerprint density at radius 2 is 1.84 bits per heavy atom. The average molecular weight is 267 g/mol. The van der Waals surface area contributed by atoms with Crippen molar-refractivity contribution in [2.45, 2.75) is 52.4 Å². The number of aliphatic carboxylic acids is 1. The van der Waals surface area contributed by atoms with Crippen LogP contribution >= 0.6 is 0 Å². The minimum absolute atomic E-state index is 0.00526. The first-order valence-electron chi connectivity index (χ1n) is 6.96. The number of rotatable bonds is 10. The summed E-state index contributed by atoms with van der Waals surface area (Å²) in [7, 11) is 0. The summed E-state index contributed by atoms with van der Waals surface area (Å²) in [5.74, 6) is -0.955. The Morgan fingerprint density at radius 1 is 1.11 bits per heavy atom. The van der Waals surface area contributed by atoms with Crippen molar-refractivity contribution in [3.63, 3.8) is 0 Å². The molecule has 4 heteroatoms. The van der Waals surface area contributed by atoms with Crippen molar-refractivity contribution in [1.29, 1.82) is 0 Å². The molecule has 0 unspecified atom stereocenters. The van der Waals surface area contributed by atoms with E-state index in [1.165, 1.54) is 6.42 Å². The number of unbranched alkanes of at least 4 members (excludes halogenated alkanes) is 3. The van der Waals surface area contributed by atoms with Gasteiger partial charge in [0.15, 0.2) is 0 Å². The molecular formula is C15H25NO3. The van der Waals surface area contributed by atoms with Crippen LogP contribution in [0, 0.1) is 0 Å². The van der Waals surface area contributed by atoms with Gasteiger partial charge in [-0.3, -0.25) is 4.79 Å². The Hall–Kier alpha value is -1.58. The smallest absolute Gasteiger partial charge is 0.328 e. The maximum Gasteiger partial charge on any atom is 0.328 e. The first-order valence-corrected chi connectivity index (χ1v) is 6.96. The number of nitrogens with one attached hydrogen (secondary N) is 1. The Labute approximate surface area is 115 Å². The number of allylic oxidation sites excluding steroid dienone is 3. The topological polar surface area (TPSA) is 66.4 Å². The Bertz CT molecular complexity index is 332. The van der Waals surface area contributed by atoms with Crippen LogP contribution < -0.4 is 5.32 Å². The molecule has 0 aliphatic rings. The van der Waals surface area contributed by atoms with Crippen LogP contribution in [-0.2, 0) is 9.59 Å². The monoisotopic (exact) mass is 267 g/mol. The number of carboxylic acid groups (broad SMARTS) is 1. The normalized spacial score (nSPS) is 11.8. The standard InChI is InChI=1S/C15H25NO3/c1-3-5-6-7-8-13(10-12-15(18)19)9-11-14(17)16-4-2/h8,10,12H,3-7,9,11H2,1-2H3,(H,16,17)(H,18,19)/b12-10+,13-8+. The molecule has 0 saturated carbocycles. The van der Waals surface area contributed by atoms with E-state index in [-0.39, 0.29) is 5.91 Å². The second-order valence-corrected chi connectivity index (χ2v) is 4.40. The van der Waals surface area contributed by atoms with Gasteiger partial charge < -0.3 is 10.4 Å². The Morgan fingerprint density at radius 3 is 2.42 bits per heavy atom. The number of hydrogen-bond acceptors (Lipinski definition) is 2. The zero-order valence-electron chi connectivity index (χ0n) is 11.9. The van der Waals surface area contributed by atoms with Gasteiger partial charge in [0.1, 0.15) is 0 Å². The van der Waals surface area contributed by atoms with Crippen molar-refractivity contribution >= 4 is 11.9 Å². The molecule has 0 aliphatic carbocycles. The van der Waals surface area contributed by atoms with Gasteiger partial charge in [-0.1, -0.05) is 37.5 Å². The minimum atomic E-state index is -0.961. The molecule has 0 aromatic rings. The summed E-state index contributed by atoms with van der Waals surface area (Å²) in [5.41, 5.74) is 0.921. The summed E-state index contributed by atoms with van der Waals surface area (Å²) in [6.07, 6.45) is 10.1. The van der Waals surface area contributed by atoms with Gasteiger partial charge in [0.05, 0.1) is 0 Å². The number of carbonyl (C=O) groups is 2. The first kappa shape index (κ1) is 17.4. The lowest BCUT2D eigenvalue weighted by Crippen LogP contribution is -2.22. The minimum Gasteiger partial charge on any atom is -0.478 e. The van der Waals surface area contributed by atoms with E-state index in [1.54, 1.807) is 6.08 Å².